The first-order chi connectivity index (χ1) is 8.72. The standard InChI is InChI=1S/C14H19N2O3/c1-6-19-12(17)11-7-9-10(8-15-11)14(4,5)16(18)13(9,2)3/h7-8H,6H2,1-5H3. The minimum absolute atomic E-state index is 0.250. The Hall–Kier alpha value is -1.46. The quantitative estimate of drug-likeness (QED) is 0.769. The molecule has 0 aromatic carbocycles. The normalized spacial score (nSPS) is 20.1. The van der Waals surface area contributed by atoms with Gasteiger partial charge < -0.3 is 4.74 Å². The minimum atomic E-state index is -0.678. The van der Waals surface area contributed by atoms with Crippen LogP contribution in [0.5, 0.6) is 0 Å². The van der Waals surface area contributed by atoms with E-state index in [0.29, 0.717) is 6.61 Å². The first kappa shape index (κ1) is 14.0. The lowest BCUT2D eigenvalue weighted by Crippen LogP contribution is -2.41. The summed E-state index contributed by atoms with van der Waals surface area (Å²) in [5, 5.41) is 13.4. The van der Waals surface area contributed by atoms with Crippen LogP contribution in [0.3, 0.4) is 0 Å². The highest BCUT2D eigenvalue weighted by Gasteiger charge is 2.50. The van der Waals surface area contributed by atoms with Crippen molar-refractivity contribution >= 4 is 5.97 Å². The molecule has 2 rings (SSSR count). The van der Waals surface area contributed by atoms with Crippen LogP contribution in [-0.2, 0) is 21.0 Å². The lowest BCUT2D eigenvalue weighted by atomic mass is 9.92. The van der Waals surface area contributed by atoms with Gasteiger partial charge in [-0.3, -0.25) is 0 Å². The maximum absolute atomic E-state index is 12.4. The second-order valence-corrected chi connectivity index (χ2v) is 5.75. The van der Waals surface area contributed by atoms with E-state index in [1.54, 1.807) is 19.2 Å². The Balaban J connectivity index is 2.53. The molecular formula is C14H19N2O3. The Morgan fingerprint density at radius 3 is 2.42 bits per heavy atom. The second-order valence-electron chi connectivity index (χ2n) is 5.75. The molecule has 0 aliphatic carbocycles. The van der Waals surface area contributed by atoms with E-state index in [9.17, 15) is 10.0 Å². The minimum Gasteiger partial charge on any atom is -0.461 e. The zero-order valence-electron chi connectivity index (χ0n) is 12.0. The number of esters is 1. The smallest absolute Gasteiger partial charge is 0.356 e. The largest absolute Gasteiger partial charge is 0.461 e. The van der Waals surface area contributed by atoms with Crippen molar-refractivity contribution in [2.75, 3.05) is 6.61 Å². The van der Waals surface area contributed by atoms with Gasteiger partial charge in [-0.25, -0.2) is 9.78 Å². The van der Waals surface area contributed by atoms with Gasteiger partial charge in [-0.15, -0.1) is 10.3 Å². The van der Waals surface area contributed by atoms with Crippen molar-refractivity contribution in [3.05, 3.63) is 29.1 Å². The number of carbonyl (C=O) groups is 1. The summed E-state index contributed by atoms with van der Waals surface area (Å²) < 4.78 is 4.94. The van der Waals surface area contributed by atoms with Gasteiger partial charge in [0.05, 0.1) is 17.7 Å². The van der Waals surface area contributed by atoms with Crippen molar-refractivity contribution in [2.24, 2.45) is 0 Å². The van der Waals surface area contributed by atoms with Crippen molar-refractivity contribution in [3.8, 4) is 0 Å². The van der Waals surface area contributed by atoms with Crippen molar-refractivity contribution in [1.82, 2.24) is 10.0 Å². The van der Waals surface area contributed by atoms with Gasteiger partial charge in [0.2, 0.25) is 0 Å². The Bertz CT molecular complexity index is 523. The van der Waals surface area contributed by atoms with Crippen LogP contribution in [0, 0.1) is 0 Å². The summed E-state index contributed by atoms with van der Waals surface area (Å²) in [5.74, 6) is -0.455. The van der Waals surface area contributed by atoms with E-state index < -0.39 is 17.0 Å². The number of hydrogen-bond acceptors (Lipinski definition) is 4. The van der Waals surface area contributed by atoms with Crippen LogP contribution >= 0.6 is 0 Å². The molecule has 1 aliphatic rings. The first-order valence-corrected chi connectivity index (χ1v) is 6.38. The molecule has 1 aliphatic heterocycles. The maximum atomic E-state index is 12.4. The number of nitrogens with zero attached hydrogens (tertiary/aromatic N) is 2. The molecule has 1 radical (unpaired) electrons. The lowest BCUT2D eigenvalue weighted by Gasteiger charge is -2.32. The molecule has 103 valence electrons. The summed E-state index contributed by atoms with van der Waals surface area (Å²) >= 11 is 0. The van der Waals surface area contributed by atoms with E-state index in [1.165, 1.54) is 0 Å². The number of pyridine rings is 1. The fourth-order valence-electron chi connectivity index (χ4n) is 2.68. The van der Waals surface area contributed by atoms with E-state index in [1.807, 2.05) is 27.7 Å². The number of rotatable bonds is 2. The van der Waals surface area contributed by atoms with Gasteiger partial charge >= 0.3 is 5.97 Å². The third-order valence-corrected chi connectivity index (χ3v) is 3.72. The molecule has 1 aromatic heterocycles. The van der Waals surface area contributed by atoms with Crippen LogP contribution in [0.4, 0.5) is 0 Å². The first-order valence-electron chi connectivity index (χ1n) is 6.38. The van der Waals surface area contributed by atoms with Crippen molar-refractivity contribution in [1.29, 1.82) is 0 Å². The van der Waals surface area contributed by atoms with E-state index in [2.05, 4.69) is 4.98 Å². The molecule has 2 heterocycles. The Morgan fingerprint density at radius 2 is 1.84 bits per heavy atom. The third-order valence-electron chi connectivity index (χ3n) is 3.72. The highest BCUT2D eigenvalue weighted by molar-refractivity contribution is 5.87. The van der Waals surface area contributed by atoms with Gasteiger partial charge in [0.25, 0.3) is 0 Å². The van der Waals surface area contributed by atoms with Gasteiger partial charge in [-0.05, 0) is 51.8 Å². The molecule has 0 bridgehead atoms. The zero-order chi connectivity index (χ0) is 14.4. The molecule has 5 heteroatoms. The number of hydrogen-bond donors (Lipinski definition) is 0. The van der Waals surface area contributed by atoms with Gasteiger partial charge in [-0.2, -0.15) is 0 Å². The monoisotopic (exact) mass is 263 g/mol. The van der Waals surface area contributed by atoms with Crippen LogP contribution < -0.4 is 0 Å². The van der Waals surface area contributed by atoms with Gasteiger partial charge in [-0.1, -0.05) is 0 Å². The predicted octanol–water partition coefficient (Wildman–Crippen LogP) is 2.39. The molecule has 5 nitrogen and oxygen atoms in total. The molecule has 1 aromatic rings. The zero-order valence-corrected chi connectivity index (χ0v) is 12.0. The Morgan fingerprint density at radius 1 is 1.26 bits per heavy atom. The summed E-state index contributed by atoms with van der Waals surface area (Å²) in [6.45, 7) is 9.47. The third kappa shape index (κ3) is 1.93. The molecule has 0 atom stereocenters. The van der Waals surface area contributed by atoms with Crippen molar-refractivity contribution < 1.29 is 14.7 Å². The fraction of sp³-hybridized carbons (Fsp3) is 0.571. The second kappa shape index (κ2) is 4.28. The average Bonchev–Trinajstić information content (AvgIpc) is 2.49. The topological polar surface area (TPSA) is 62.3 Å². The van der Waals surface area contributed by atoms with Crippen molar-refractivity contribution in [2.45, 2.75) is 45.7 Å². The molecule has 0 amide bonds. The molecule has 0 unspecified atom stereocenters. The van der Waals surface area contributed by atoms with E-state index >= 15 is 0 Å². The van der Waals surface area contributed by atoms with Crippen LogP contribution in [0.1, 0.15) is 56.2 Å². The fourth-order valence-corrected chi connectivity index (χ4v) is 2.68. The highest BCUT2D eigenvalue weighted by Crippen LogP contribution is 2.48. The number of carbonyl (C=O) groups excluding carboxylic acids is 1. The van der Waals surface area contributed by atoms with Crippen LogP contribution in [-0.4, -0.2) is 22.6 Å². The number of fused-ring (bicyclic) bond motifs is 1. The Labute approximate surface area is 113 Å². The lowest BCUT2D eigenvalue weighted by molar-refractivity contribution is -0.266. The van der Waals surface area contributed by atoms with E-state index in [-0.39, 0.29) is 5.69 Å². The average molecular weight is 263 g/mol. The van der Waals surface area contributed by atoms with E-state index in [0.717, 1.165) is 16.2 Å². The predicted molar refractivity (Wildman–Crippen MR) is 68.8 cm³/mol. The molecule has 0 saturated carbocycles. The van der Waals surface area contributed by atoms with Crippen LogP contribution in [0.15, 0.2) is 12.3 Å². The summed E-state index contributed by atoms with van der Waals surface area (Å²) in [6, 6.07) is 1.67. The number of ether oxygens (including phenoxy) is 1. The molecule has 19 heavy (non-hydrogen) atoms. The summed E-state index contributed by atoms with van der Waals surface area (Å²) in [6.07, 6.45) is 1.61. The van der Waals surface area contributed by atoms with Gasteiger partial charge in [0, 0.05) is 6.20 Å². The Kier molecular flexibility index (Phi) is 3.15. The van der Waals surface area contributed by atoms with Gasteiger partial charge in [0.1, 0.15) is 5.69 Å². The maximum Gasteiger partial charge on any atom is 0.356 e. The number of aromatic nitrogens is 1. The van der Waals surface area contributed by atoms with E-state index in [4.69, 9.17) is 4.74 Å². The number of hydroxylamine groups is 2. The SMILES string of the molecule is CCOC(=O)c1cc2c(cn1)C(C)(C)N([O])C2(C)C. The van der Waals surface area contributed by atoms with Crippen LogP contribution in [0.2, 0.25) is 0 Å². The van der Waals surface area contributed by atoms with Crippen molar-refractivity contribution in [3.63, 3.8) is 0 Å². The molecule has 0 N–H and O–H groups in total. The molecule has 0 spiro atoms. The van der Waals surface area contributed by atoms with Gasteiger partial charge in [0.15, 0.2) is 0 Å². The highest BCUT2D eigenvalue weighted by atomic mass is 16.5. The molecular weight excluding hydrogens is 244 g/mol. The summed E-state index contributed by atoms with van der Waals surface area (Å²) in [7, 11) is 0. The molecule has 0 fully saturated rings. The summed E-state index contributed by atoms with van der Waals surface area (Å²) in [5.41, 5.74) is 0.632. The molecule has 0 saturated heterocycles. The van der Waals surface area contributed by atoms with Crippen LogP contribution in [0.25, 0.3) is 0 Å². The summed E-state index contributed by atoms with van der Waals surface area (Å²) in [4.78, 5) is 15.8.